The van der Waals surface area contributed by atoms with Gasteiger partial charge in [-0.15, -0.1) is 0 Å². The summed E-state index contributed by atoms with van der Waals surface area (Å²) in [6.45, 7) is 6.47. The van der Waals surface area contributed by atoms with Gasteiger partial charge < -0.3 is 9.30 Å². The minimum atomic E-state index is -0.173. The highest BCUT2D eigenvalue weighted by Gasteiger charge is 2.13. The van der Waals surface area contributed by atoms with E-state index >= 15 is 0 Å². The fraction of sp³-hybridized carbons (Fsp3) is 0.429. The molecule has 102 valence electrons. The molecule has 0 fully saturated rings. The lowest BCUT2D eigenvalue weighted by Gasteiger charge is -2.08. The van der Waals surface area contributed by atoms with Crippen LogP contribution in [-0.4, -0.2) is 17.6 Å². The lowest BCUT2D eigenvalue weighted by molar-refractivity contribution is -0.116. The maximum atomic E-state index is 11.3. The third-order valence-electron chi connectivity index (χ3n) is 2.91. The van der Waals surface area contributed by atoms with Crippen molar-refractivity contribution in [1.29, 1.82) is 0 Å². The van der Waals surface area contributed by atoms with Gasteiger partial charge in [-0.3, -0.25) is 4.79 Å². The smallest absolute Gasteiger partial charge is 0.245 e. The van der Waals surface area contributed by atoms with Crippen molar-refractivity contribution in [1.82, 2.24) is 4.57 Å². The van der Waals surface area contributed by atoms with Crippen molar-refractivity contribution in [2.24, 2.45) is 4.99 Å². The van der Waals surface area contributed by atoms with Crippen LogP contribution in [0.1, 0.15) is 25.8 Å². The number of rotatable bonds is 3. The normalized spacial score (nSPS) is 12.1. The van der Waals surface area contributed by atoms with Crippen molar-refractivity contribution >= 4 is 27.5 Å². The number of fused-ring (bicyclic) bond motifs is 1. The molecule has 0 N–H and O–H groups in total. The Kier molecular flexibility index (Phi) is 4.04. The summed E-state index contributed by atoms with van der Waals surface area (Å²) in [5.74, 6) is 0.656. The summed E-state index contributed by atoms with van der Waals surface area (Å²) in [6.07, 6.45) is 0.980. The fourth-order valence-corrected chi connectivity index (χ4v) is 3.28. The molecule has 0 saturated carbocycles. The molecule has 0 aliphatic carbocycles. The van der Waals surface area contributed by atoms with Crippen molar-refractivity contribution in [3.63, 3.8) is 0 Å². The van der Waals surface area contributed by atoms with E-state index in [0.29, 0.717) is 0 Å². The number of benzene rings is 1. The summed E-state index contributed by atoms with van der Waals surface area (Å²) in [4.78, 5) is 16.1. The number of thiazole rings is 1. The highest BCUT2D eigenvalue weighted by atomic mass is 32.1. The molecule has 1 aromatic carbocycles. The Hall–Kier alpha value is -1.62. The molecule has 0 saturated heterocycles. The van der Waals surface area contributed by atoms with Crippen LogP contribution < -0.4 is 9.54 Å². The zero-order valence-electron chi connectivity index (χ0n) is 11.7. The number of amides is 1. The largest absolute Gasteiger partial charge is 0.495 e. The number of hydrogen-bond acceptors (Lipinski definition) is 3. The summed E-state index contributed by atoms with van der Waals surface area (Å²) in [7, 11) is 1.67. The Morgan fingerprint density at radius 3 is 2.79 bits per heavy atom. The summed E-state index contributed by atoms with van der Waals surface area (Å²) in [5, 5.41) is 0. The Morgan fingerprint density at radius 1 is 1.47 bits per heavy atom. The summed E-state index contributed by atoms with van der Waals surface area (Å²) in [5.41, 5.74) is 2.21. The maximum absolute atomic E-state index is 11.3. The number of ether oxygens (including phenoxy) is 1. The third-order valence-corrected chi connectivity index (χ3v) is 4.12. The van der Waals surface area contributed by atoms with Gasteiger partial charge in [-0.25, -0.2) is 0 Å². The highest BCUT2D eigenvalue weighted by molar-refractivity contribution is 7.16. The quantitative estimate of drug-likeness (QED) is 0.866. The van der Waals surface area contributed by atoms with Crippen LogP contribution in [0, 0.1) is 6.92 Å². The van der Waals surface area contributed by atoms with Gasteiger partial charge in [0, 0.05) is 13.5 Å². The van der Waals surface area contributed by atoms with E-state index in [2.05, 4.69) is 23.4 Å². The van der Waals surface area contributed by atoms with Crippen molar-refractivity contribution in [2.75, 3.05) is 7.11 Å². The predicted octanol–water partition coefficient (Wildman–Crippen LogP) is 2.88. The van der Waals surface area contributed by atoms with E-state index in [1.165, 1.54) is 12.5 Å². The van der Waals surface area contributed by atoms with Crippen molar-refractivity contribution in [2.45, 2.75) is 33.7 Å². The molecule has 0 spiro atoms. The fourth-order valence-electron chi connectivity index (χ4n) is 2.09. The van der Waals surface area contributed by atoms with Crippen LogP contribution >= 0.6 is 11.3 Å². The van der Waals surface area contributed by atoms with Crippen LogP contribution in [0.3, 0.4) is 0 Å². The second kappa shape index (κ2) is 5.57. The molecule has 0 aliphatic heterocycles. The molecule has 1 aromatic heterocycles. The Balaban J connectivity index is 2.88. The van der Waals surface area contributed by atoms with Crippen molar-refractivity contribution in [3.8, 4) is 5.75 Å². The molecular weight excluding hydrogens is 260 g/mol. The van der Waals surface area contributed by atoms with E-state index in [9.17, 15) is 4.79 Å². The van der Waals surface area contributed by atoms with E-state index in [1.807, 2.05) is 12.1 Å². The van der Waals surface area contributed by atoms with E-state index in [0.717, 1.165) is 33.7 Å². The second-order valence-electron chi connectivity index (χ2n) is 4.43. The summed E-state index contributed by atoms with van der Waals surface area (Å²) < 4.78 is 8.66. The van der Waals surface area contributed by atoms with Crippen molar-refractivity contribution < 1.29 is 9.53 Å². The molecular formula is C14H18N2O2S. The van der Waals surface area contributed by atoms with Crippen LogP contribution in [0.15, 0.2) is 17.1 Å². The Morgan fingerprint density at radius 2 is 2.21 bits per heavy atom. The maximum Gasteiger partial charge on any atom is 0.245 e. The summed E-state index contributed by atoms with van der Waals surface area (Å²) in [6, 6.07) is 4.00. The van der Waals surface area contributed by atoms with Crippen LogP contribution in [-0.2, 0) is 11.3 Å². The van der Waals surface area contributed by atoms with E-state index in [4.69, 9.17) is 4.74 Å². The number of hydrogen-bond donors (Lipinski definition) is 0. The monoisotopic (exact) mass is 278 g/mol. The van der Waals surface area contributed by atoms with Crippen LogP contribution in [0.5, 0.6) is 5.75 Å². The molecule has 1 heterocycles. The number of carbonyl (C=O) groups excluding carboxylic acids is 1. The molecule has 19 heavy (non-hydrogen) atoms. The van der Waals surface area contributed by atoms with Gasteiger partial charge in [0.25, 0.3) is 0 Å². The number of aryl methyl sites for hydroxylation is 2. The number of carbonyl (C=O) groups is 1. The van der Waals surface area contributed by atoms with Gasteiger partial charge >= 0.3 is 0 Å². The van der Waals surface area contributed by atoms with Gasteiger partial charge in [0.1, 0.15) is 11.3 Å². The summed E-state index contributed by atoms with van der Waals surface area (Å²) >= 11 is 1.54. The first-order valence-corrected chi connectivity index (χ1v) is 7.12. The van der Waals surface area contributed by atoms with Gasteiger partial charge in [0.2, 0.25) is 5.91 Å². The minimum absolute atomic E-state index is 0.173. The first-order chi connectivity index (χ1) is 9.08. The molecule has 4 nitrogen and oxygen atoms in total. The average molecular weight is 278 g/mol. The zero-order chi connectivity index (χ0) is 14.0. The van der Waals surface area contributed by atoms with Crippen LogP contribution in [0.25, 0.3) is 10.2 Å². The first-order valence-electron chi connectivity index (χ1n) is 6.30. The lowest BCUT2D eigenvalue weighted by Crippen LogP contribution is -2.16. The Bertz CT molecular complexity index is 683. The molecule has 2 rings (SSSR count). The lowest BCUT2D eigenvalue weighted by atomic mass is 10.2. The van der Waals surface area contributed by atoms with E-state index < -0.39 is 0 Å². The molecule has 2 aromatic rings. The molecule has 5 heteroatoms. The molecule has 1 amide bonds. The van der Waals surface area contributed by atoms with Gasteiger partial charge in [-0.2, -0.15) is 4.99 Å². The predicted molar refractivity (Wildman–Crippen MR) is 77.6 cm³/mol. The third kappa shape index (κ3) is 2.56. The van der Waals surface area contributed by atoms with Crippen molar-refractivity contribution in [3.05, 3.63) is 22.5 Å². The molecule has 0 aliphatic rings. The molecule has 0 unspecified atom stereocenters. The van der Waals surface area contributed by atoms with Gasteiger partial charge in [0.15, 0.2) is 4.80 Å². The van der Waals surface area contributed by atoms with E-state index in [1.54, 1.807) is 18.4 Å². The van der Waals surface area contributed by atoms with Gasteiger partial charge in [0.05, 0.1) is 11.8 Å². The van der Waals surface area contributed by atoms with Gasteiger partial charge in [-0.05, 0) is 25.0 Å². The molecule has 0 bridgehead atoms. The zero-order valence-corrected chi connectivity index (χ0v) is 12.5. The van der Waals surface area contributed by atoms with E-state index in [-0.39, 0.29) is 5.91 Å². The molecule has 0 radical (unpaired) electrons. The topological polar surface area (TPSA) is 43.6 Å². The number of aromatic nitrogens is 1. The van der Waals surface area contributed by atoms with Crippen LogP contribution in [0.4, 0.5) is 0 Å². The number of nitrogens with zero attached hydrogens (tertiary/aromatic N) is 2. The standard InChI is InChI=1S/C14H18N2O2S/c1-5-8-16-12-11(18-4)7-6-9(2)13(12)19-14(16)15-10(3)17/h6-7H,5,8H2,1-4H3. The van der Waals surface area contributed by atoms with Crippen LogP contribution in [0.2, 0.25) is 0 Å². The second-order valence-corrected chi connectivity index (χ2v) is 5.41. The highest BCUT2D eigenvalue weighted by Crippen LogP contribution is 2.30. The first kappa shape index (κ1) is 13.8. The Labute approximate surface area is 116 Å². The minimum Gasteiger partial charge on any atom is -0.495 e. The van der Waals surface area contributed by atoms with Gasteiger partial charge in [-0.1, -0.05) is 24.3 Å². The number of methoxy groups -OCH3 is 1. The SMILES string of the molecule is CCCn1c(=NC(C)=O)sc2c(C)ccc(OC)c21. The molecule has 0 atom stereocenters. The average Bonchev–Trinajstić information content (AvgIpc) is 2.70.